The standard InChI is InChI=1S/C13H26N2O.ClH/c14-6-3-12-2-1-7-15(10-12)8-4-13-5-9-16-11-13;/h12-13H,1-11,14H2;1H. The first-order chi connectivity index (χ1) is 7.88. The Morgan fingerprint density at radius 2 is 2.06 bits per heavy atom. The summed E-state index contributed by atoms with van der Waals surface area (Å²) in [6.45, 7) is 6.70. The molecule has 2 N–H and O–H groups in total. The van der Waals surface area contributed by atoms with Gasteiger partial charge in [0.05, 0.1) is 0 Å². The monoisotopic (exact) mass is 262 g/mol. The van der Waals surface area contributed by atoms with Gasteiger partial charge in [-0.3, -0.25) is 0 Å². The molecule has 0 amide bonds. The van der Waals surface area contributed by atoms with Gasteiger partial charge in [0.15, 0.2) is 0 Å². The summed E-state index contributed by atoms with van der Waals surface area (Å²) in [4.78, 5) is 2.64. The summed E-state index contributed by atoms with van der Waals surface area (Å²) >= 11 is 0. The number of halogens is 1. The molecule has 0 radical (unpaired) electrons. The first-order valence-electron chi connectivity index (χ1n) is 6.88. The van der Waals surface area contributed by atoms with Gasteiger partial charge in [0, 0.05) is 19.8 Å². The van der Waals surface area contributed by atoms with E-state index in [-0.39, 0.29) is 12.4 Å². The van der Waals surface area contributed by atoms with Crippen molar-refractivity contribution in [1.82, 2.24) is 4.90 Å². The highest BCUT2D eigenvalue weighted by atomic mass is 35.5. The Labute approximate surface area is 111 Å². The van der Waals surface area contributed by atoms with Crippen molar-refractivity contribution in [3.05, 3.63) is 0 Å². The summed E-state index contributed by atoms with van der Waals surface area (Å²) in [6.07, 6.45) is 6.57. The maximum Gasteiger partial charge on any atom is 0.0495 e. The Bertz CT molecular complexity index is 196. The van der Waals surface area contributed by atoms with Gasteiger partial charge in [-0.05, 0) is 63.6 Å². The second-order valence-corrected chi connectivity index (χ2v) is 5.40. The predicted molar refractivity (Wildman–Crippen MR) is 73.6 cm³/mol. The molecule has 0 aromatic carbocycles. The fraction of sp³-hybridized carbons (Fsp3) is 1.00. The molecule has 2 aliphatic heterocycles. The van der Waals surface area contributed by atoms with Crippen molar-refractivity contribution in [2.24, 2.45) is 17.6 Å². The van der Waals surface area contributed by atoms with Crippen LogP contribution >= 0.6 is 12.4 Å². The largest absolute Gasteiger partial charge is 0.381 e. The first kappa shape index (κ1) is 15.2. The number of nitrogens with two attached hydrogens (primary N) is 1. The normalized spacial score (nSPS) is 30.2. The Hall–Kier alpha value is 0.170. The van der Waals surface area contributed by atoms with Gasteiger partial charge in [-0.2, -0.15) is 0 Å². The summed E-state index contributed by atoms with van der Waals surface area (Å²) in [6, 6.07) is 0. The van der Waals surface area contributed by atoms with Gasteiger partial charge in [0.2, 0.25) is 0 Å². The molecule has 2 saturated heterocycles. The smallest absolute Gasteiger partial charge is 0.0495 e. The van der Waals surface area contributed by atoms with Gasteiger partial charge in [0.25, 0.3) is 0 Å². The van der Waals surface area contributed by atoms with E-state index < -0.39 is 0 Å². The molecule has 2 unspecified atom stereocenters. The van der Waals surface area contributed by atoms with E-state index in [4.69, 9.17) is 10.5 Å². The number of ether oxygens (including phenoxy) is 1. The van der Waals surface area contributed by atoms with Crippen LogP contribution in [0.2, 0.25) is 0 Å². The summed E-state index contributed by atoms with van der Waals surface area (Å²) in [7, 11) is 0. The number of hydrogen-bond acceptors (Lipinski definition) is 3. The van der Waals surface area contributed by atoms with Crippen molar-refractivity contribution in [1.29, 1.82) is 0 Å². The molecule has 0 aromatic heterocycles. The second kappa shape index (κ2) is 8.30. The molecule has 2 fully saturated rings. The molecule has 17 heavy (non-hydrogen) atoms. The minimum atomic E-state index is 0. The summed E-state index contributed by atoms with van der Waals surface area (Å²) in [5.41, 5.74) is 5.64. The minimum Gasteiger partial charge on any atom is -0.381 e. The van der Waals surface area contributed by atoms with Gasteiger partial charge in [-0.15, -0.1) is 12.4 Å². The lowest BCUT2D eigenvalue weighted by molar-refractivity contribution is 0.151. The topological polar surface area (TPSA) is 38.5 Å². The average molecular weight is 263 g/mol. The third kappa shape index (κ3) is 5.12. The van der Waals surface area contributed by atoms with E-state index in [0.29, 0.717) is 0 Å². The Morgan fingerprint density at radius 3 is 2.76 bits per heavy atom. The lowest BCUT2D eigenvalue weighted by Crippen LogP contribution is -2.37. The maximum absolute atomic E-state index is 5.64. The number of hydrogen-bond donors (Lipinski definition) is 1. The molecule has 0 bridgehead atoms. The molecule has 2 heterocycles. The Morgan fingerprint density at radius 1 is 1.18 bits per heavy atom. The van der Waals surface area contributed by atoms with E-state index in [1.807, 2.05) is 0 Å². The summed E-state index contributed by atoms with van der Waals surface area (Å²) in [5, 5.41) is 0. The van der Waals surface area contributed by atoms with Gasteiger partial charge in [-0.25, -0.2) is 0 Å². The van der Waals surface area contributed by atoms with E-state index in [0.717, 1.165) is 31.6 Å². The van der Waals surface area contributed by atoms with Crippen LogP contribution < -0.4 is 5.73 Å². The van der Waals surface area contributed by atoms with Crippen LogP contribution in [0.1, 0.15) is 32.1 Å². The highest BCUT2D eigenvalue weighted by Crippen LogP contribution is 2.21. The zero-order valence-corrected chi connectivity index (χ0v) is 11.6. The molecule has 2 aliphatic rings. The highest BCUT2D eigenvalue weighted by molar-refractivity contribution is 5.85. The number of likely N-dealkylation sites (tertiary alicyclic amines) is 1. The van der Waals surface area contributed by atoms with Gasteiger partial charge in [-0.1, -0.05) is 0 Å². The fourth-order valence-corrected chi connectivity index (χ4v) is 3.00. The molecule has 0 spiro atoms. The first-order valence-corrected chi connectivity index (χ1v) is 6.88. The van der Waals surface area contributed by atoms with E-state index in [1.54, 1.807) is 0 Å². The third-order valence-electron chi connectivity index (χ3n) is 4.06. The van der Waals surface area contributed by atoms with Crippen LogP contribution in [0.4, 0.5) is 0 Å². The molecular formula is C13H27ClN2O. The minimum absolute atomic E-state index is 0. The fourth-order valence-electron chi connectivity index (χ4n) is 3.00. The van der Waals surface area contributed by atoms with Crippen LogP contribution in [0.3, 0.4) is 0 Å². The molecule has 0 aliphatic carbocycles. The Balaban J connectivity index is 0.00000144. The second-order valence-electron chi connectivity index (χ2n) is 5.40. The molecule has 102 valence electrons. The van der Waals surface area contributed by atoms with Crippen molar-refractivity contribution < 1.29 is 4.74 Å². The van der Waals surface area contributed by atoms with E-state index >= 15 is 0 Å². The van der Waals surface area contributed by atoms with E-state index in [1.165, 1.54) is 51.7 Å². The molecule has 0 saturated carbocycles. The maximum atomic E-state index is 5.64. The quantitative estimate of drug-likeness (QED) is 0.823. The number of nitrogens with zero attached hydrogens (tertiary/aromatic N) is 1. The van der Waals surface area contributed by atoms with E-state index in [2.05, 4.69) is 4.90 Å². The van der Waals surface area contributed by atoms with Crippen LogP contribution in [0.25, 0.3) is 0 Å². The van der Waals surface area contributed by atoms with Crippen molar-refractivity contribution in [3.8, 4) is 0 Å². The molecule has 0 aromatic rings. The average Bonchev–Trinajstić information content (AvgIpc) is 2.80. The van der Waals surface area contributed by atoms with Crippen molar-refractivity contribution in [2.45, 2.75) is 32.1 Å². The van der Waals surface area contributed by atoms with Crippen LogP contribution in [0.5, 0.6) is 0 Å². The van der Waals surface area contributed by atoms with Crippen molar-refractivity contribution in [2.75, 3.05) is 39.4 Å². The third-order valence-corrected chi connectivity index (χ3v) is 4.06. The van der Waals surface area contributed by atoms with Gasteiger partial charge >= 0.3 is 0 Å². The highest BCUT2D eigenvalue weighted by Gasteiger charge is 2.21. The number of rotatable bonds is 5. The van der Waals surface area contributed by atoms with Crippen molar-refractivity contribution >= 4 is 12.4 Å². The zero-order chi connectivity index (χ0) is 11.2. The predicted octanol–water partition coefficient (Wildman–Crippen LogP) is 1.90. The zero-order valence-electron chi connectivity index (χ0n) is 10.8. The van der Waals surface area contributed by atoms with Crippen LogP contribution in [0.15, 0.2) is 0 Å². The molecule has 2 rings (SSSR count). The molecular weight excluding hydrogens is 236 g/mol. The lowest BCUT2D eigenvalue weighted by atomic mass is 9.94. The van der Waals surface area contributed by atoms with Crippen LogP contribution in [0, 0.1) is 11.8 Å². The van der Waals surface area contributed by atoms with Crippen LogP contribution in [-0.2, 0) is 4.74 Å². The molecule has 3 nitrogen and oxygen atoms in total. The van der Waals surface area contributed by atoms with Gasteiger partial charge in [0.1, 0.15) is 0 Å². The summed E-state index contributed by atoms with van der Waals surface area (Å²) in [5.74, 6) is 1.69. The summed E-state index contributed by atoms with van der Waals surface area (Å²) < 4.78 is 5.42. The molecule has 2 atom stereocenters. The molecule has 4 heteroatoms. The van der Waals surface area contributed by atoms with E-state index in [9.17, 15) is 0 Å². The SMILES string of the molecule is Cl.NCCC1CCCN(CCC2CCOC2)C1. The van der Waals surface area contributed by atoms with Crippen LogP contribution in [-0.4, -0.2) is 44.3 Å². The lowest BCUT2D eigenvalue weighted by Gasteiger charge is -2.33. The number of piperidine rings is 1. The van der Waals surface area contributed by atoms with Crippen molar-refractivity contribution in [3.63, 3.8) is 0 Å². The Kier molecular flexibility index (Phi) is 7.44. The van der Waals surface area contributed by atoms with Gasteiger partial charge < -0.3 is 15.4 Å².